The zero-order valence-corrected chi connectivity index (χ0v) is 16.8. The fourth-order valence-corrected chi connectivity index (χ4v) is 5.56. The Labute approximate surface area is 171 Å². The third-order valence-corrected chi connectivity index (χ3v) is 6.76. The molecule has 2 heterocycles. The van der Waals surface area contributed by atoms with E-state index in [9.17, 15) is 0 Å². The average molecular weight is 460 g/mol. The maximum atomic E-state index is 2.50. The van der Waals surface area contributed by atoms with Crippen molar-refractivity contribution in [3.8, 4) is 5.69 Å². The number of aromatic nitrogens is 2. The van der Waals surface area contributed by atoms with Crippen molar-refractivity contribution in [2.75, 3.05) is 0 Å². The van der Waals surface area contributed by atoms with Crippen LogP contribution in [0, 0.1) is 0 Å². The van der Waals surface area contributed by atoms with Gasteiger partial charge in [0.15, 0.2) is 0 Å². The molecule has 1 aliphatic carbocycles. The summed E-state index contributed by atoms with van der Waals surface area (Å²) in [6.45, 7) is 0. The van der Waals surface area contributed by atoms with Crippen molar-refractivity contribution in [2.45, 2.75) is 12.8 Å². The second-order valence-electron chi connectivity index (χ2n) is 7.13. The molecule has 0 saturated carbocycles. The topological polar surface area (TPSA) is 9.86 Å². The molecular formula is C24H17IN2. The first-order valence-corrected chi connectivity index (χ1v) is 10.3. The fourth-order valence-electron chi connectivity index (χ4n) is 4.55. The molecule has 0 bridgehead atoms. The minimum absolute atomic E-state index is 1.11. The normalized spacial score (nSPS) is 13.7. The van der Waals surface area contributed by atoms with Gasteiger partial charge in [0.25, 0.3) is 0 Å². The Morgan fingerprint density at radius 1 is 0.778 bits per heavy atom. The van der Waals surface area contributed by atoms with Gasteiger partial charge in [-0.05, 0) is 37.1 Å². The summed E-state index contributed by atoms with van der Waals surface area (Å²) < 4.78 is 4.79. The summed E-state index contributed by atoms with van der Waals surface area (Å²) in [7, 11) is 0. The Balaban J connectivity index is 1.87. The highest BCUT2D eigenvalue weighted by Gasteiger charge is 2.21. The first-order valence-electron chi connectivity index (χ1n) is 9.32. The summed E-state index contributed by atoms with van der Waals surface area (Å²) in [5, 5.41) is 4.03. The molecule has 2 nitrogen and oxygen atoms in total. The number of hydrogen-bond donors (Lipinski definition) is 0. The maximum Gasteiger partial charge on any atom is 0.0686 e. The van der Waals surface area contributed by atoms with Gasteiger partial charge >= 0.3 is 0 Å². The van der Waals surface area contributed by atoms with Crippen LogP contribution in [0.15, 0.2) is 72.8 Å². The SMILES string of the molecule is In1c2c(c3ccc4c(c5ccccc5n4-c4ccccc4)c31)C=CCC2. The van der Waals surface area contributed by atoms with Crippen molar-refractivity contribution in [1.82, 2.24) is 7.35 Å². The van der Waals surface area contributed by atoms with Gasteiger partial charge in [0.2, 0.25) is 0 Å². The summed E-state index contributed by atoms with van der Waals surface area (Å²) >= 11 is 2.50. The van der Waals surface area contributed by atoms with E-state index in [1.807, 2.05) is 0 Å². The molecule has 0 N–H and O–H groups in total. The molecule has 5 aromatic rings. The molecule has 3 aromatic carbocycles. The molecule has 0 radical (unpaired) electrons. The number of allylic oxidation sites excluding steroid dienone is 1. The maximum absolute atomic E-state index is 2.50. The van der Waals surface area contributed by atoms with E-state index in [4.69, 9.17) is 0 Å². The number of rotatable bonds is 1. The predicted octanol–water partition coefficient (Wildman–Crippen LogP) is 6.90. The summed E-state index contributed by atoms with van der Waals surface area (Å²) in [4.78, 5) is 0. The summed E-state index contributed by atoms with van der Waals surface area (Å²) in [5.74, 6) is 0. The third-order valence-electron chi connectivity index (χ3n) is 5.69. The lowest BCUT2D eigenvalue weighted by atomic mass is 10.0. The molecule has 130 valence electrons. The van der Waals surface area contributed by atoms with Crippen LogP contribution in [-0.4, -0.2) is 7.35 Å². The number of nitrogens with zero attached hydrogens (tertiary/aromatic N) is 2. The summed E-state index contributed by atoms with van der Waals surface area (Å²) in [6.07, 6.45) is 6.85. The third kappa shape index (κ3) is 2.06. The Kier molecular flexibility index (Phi) is 3.29. The van der Waals surface area contributed by atoms with Gasteiger partial charge in [-0.15, -0.1) is 0 Å². The molecule has 3 heteroatoms. The van der Waals surface area contributed by atoms with E-state index in [0.29, 0.717) is 0 Å². The molecule has 0 unspecified atom stereocenters. The summed E-state index contributed by atoms with van der Waals surface area (Å²) in [6, 6.07) is 24.0. The minimum Gasteiger partial charge on any atom is -0.309 e. The lowest BCUT2D eigenvalue weighted by molar-refractivity contribution is 0.944. The molecule has 0 saturated heterocycles. The Morgan fingerprint density at radius 2 is 1.59 bits per heavy atom. The first-order chi connectivity index (χ1) is 13.3. The largest absolute Gasteiger partial charge is 0.309 e. The zero-order valence-electron chi connectivity index (χ0n) is 14.7. The second kappa shape index (κ2) is 5.73. The zero-order chi connectivity index (χ0) is 18.0. The molecular weight excluding hydrogens is 443 g/mol. The second-order valence-corrected chi connectivity index (χ2v) is 8.09. The quantitative estimate of drug-likeness (QED) is 0.241. The first kappa shape index (κ1) is 15.5. The van der Waals surface area contributed by atoms with Gasteiger partial charge in [-0.3, -0.25) is 2.78 Å². The molecule has 6 rings (SSSR count). The van der Waals surface area contributed by atoms with Crippen molar-refractivity contribution in [3.63, 3.8) is 0 Å². The van der Waals surface area contributed by atoms with Crippen LogP contribution in [0.3, 0.4) is 0 Å². The average Bonchev–Trinajstić information content (AvgIpc) is 3.22. The highest BCUT2D eigenvalue weighted by atomic mass is 127. The predicted molar refractivity (Wildman–Crippen MR) is 123 cm³/mol. The van der Waals surface area contributed by atoms with Crippen molar-refractivity contribution in [2.24, 2.45) is 0 Å². The Hall–Kier alpha value is -2.53. The smallest absolute Gasteiger partial charge is 0.0686 e. The monoisotopic (exact) mass is 460 g/mol. The lowest BCUT2D eigenvalue weighted by Crippen LogP contribution is -1.95. The van der Waals surface area contributed by atoms with Gasteiger partial charge < -0.3 is 4.57 Å². The fraction of sp³-hybridized carbons (Fsp3) is 0.0833. The van der Waals surface area contributed by atoms with E-state index in [2.05, 4.69) is 109 Å². The number of fused-ring (bicyclic) bond motifs is 7. The lowest BCUT2D eigenvalue weighted by Gasteiger charge is -2.07. The van der Waals surface area contributed by atoms with Crippen LogP contribution >= 0.6 is 22.9 Å². The molecule has 27 heavy (non-hydrogen) atoms. The van der Waals surface area contributed by atoms with Gasteiger partial charge in [-0.2, -0.15) is 0 Å². The van der Waals surface area contributed by atoms with E-state index < -0.39 is 0 Å². The molecule has 0 atom stereocenters. The van der Waals surface area contributed by atoms with Crippen LogP contribution in [0.1, 0.15) is 17.7 Å². The van der Waals surface area contributed by atoms with Crippen molar-refractivity contribution < 1.29 is 0 Å². The van der Waals surface area contributed by atoms with Crippen LogP contribution < -0.4 is 0 Å². The standard InChI is InChI=1S/C24H17IN2/c25-27-21-13-7-4-10-17(21)18-14-15-22-23(24(18)27)19-11-5-6-12-20(19)26(22)16-8-2-1-3-9-16/h1-6,8-12,14-15H,7,13H2. The number of hydrogen-bond acceptors (Lipinski definition) is 0. The van der Waals surface area contributed by atoms with Crippen molar-refractivity contribution in [3.05, 3.63) is 84.1 Å². The minimum atomic E-state index is 1.11. The highest BCUT2D eigenvalue weighted by Crippen LogP contribution is 2.41. The number of benzene rings is 3. The highest BCUT2D eigenvalue weighted by molar-refractivity contribution is 14.1. The van der Waals surface area contributed by atoms with E-state index in [1.54, 1.807) is 0 Å². The molecule has 0 aliphatic heterocycles. The molecule has 0 spiro atoms. The molecule has 1 aliphatic rings. The molecule has 0 amide bonds. The van der Waals surface area contributed by atoms with Crippen LogP contribution in [-0.2, 0) is 6.42 Å². The van der Waals surface area contributed by atoms with Gasteiger partial charge in [0.05, 0.1) is 39.4 Å². The van der Waals surface area contributed by atoms with E-state index >= 15 is 0 Å². The van der Waals surface area contributed by atoms with E-state index in [-0.39, 0.29) is 0 Å². The Morgan fingerprint density at radius 3 is 2.48 bits per heavy atom. The van der Waals surface area contributed by atoms with Gasteiger partial charge in [-0.25, -0.2) is 0 Å². The van der Waals surface area contributed by atoms with Gasteiger partial charge in [0, 0.05) is 33.1 Å². The molecule has 2 aromatic heterocycles. The van der Waals surface area contributed by atoms with Gasteiger partial charge in [-0.1, -0.05) is 54.6 Å². The number of para-hydroxylation sites is 2. The van der Waals surface area contributed by atoms with Crippen molar-refractivity contribution in [1.29, 1.82) is 0 Å². The Bertz CT molecular complexity index is 1370. The van der Waals surface area contributed by atoms with E-state index in [0.717, 1.165) is 12.8 Å². The van der Waals surface area contributed by atoms with Crippen LogP contribution in [0.2, 0.25) is 0 Å². The van der Waals surface area contributed by atoms with Gasteiger partial charge in [0.1, 0.15) is 0 Å². The summed E-state index contributed by atoms with van der Waals surface area (Å²) in [5.41, 5.74) is 7.92. The van der Waals surface area contributed by atoms with E-state index in [1.165, 1.54) is 49.7 Å². The van der Waals surface area contributed by atoms with Crippen LogP contribution in [0.4, 0.5) is 0 Å². The molecule has 0 fully saturated rings. The van der Waals surface area contributed by atoms with Crippen molar-refractivity contribution >= 4 is 61.6 Å². The van der Waals surface area contributed by atoms with Crippen LogP contribution in [0.5, 0.6) is 0 Å². The number of halogens is 1. The van der Waals surface area contributed by atoms with Crippen LogP contribution in [0.25, 0.3) is 44.5 Å².